The lowest BCUT2D eigenvalue weighted by Gasteiger charge is -1.97. The van der Waals surface area contributed by atoms with Gasteiger partial charge in [0.2, 0.25) is 0 Å². The number of H-pyrrole nitrogens is 1. The summed E-state index contributed by atoms with van der Waals surface area (Å²) in [6.45, 7) is 3.83. The van der Waals surface area contributed by atoms with E-state index in [0.717, 1.165) is 22.2 Å². The fourth-order valence-electron chi connectivity index (χ4n) is 1.80. The van der Waals surface area contributed by atoms with E-state index in [0.29, 0.717) is 5.56 Å². The van der Waals surface area contributed by atoms with Crippen molar-refractivity contribution in [2.45, 2.75) is 13.8 Å². The van der Waals surface area contributed by atoms with Gasteiger partial charge in [-0.25, -0.2) is 0 Å². The van der Waals surface area contributed by atoms with Gasteiger partial charge in [-0.1, -0.05) is 12.1 Å². The van der Waals surface area contributed by atoms with Gasteiger partial charge in [-0.05, 0) is 37.1 Å². The number of fused-ring (bicyclic) bond motifs is 1. The Kier molecular flexibility index (Phi) is 2.08. The summed E-state index contributed by atoms with van der Waals surface area (Å²) in [4.78, 5) is 14.4. The van der Waals surface area contributed by atoms with Gasteiger partial charge >= 0.3 is 0 Å². The maximum atomic E-state index is 11.2. The van der Waals surface area contributed by atoms with E-state index < -0.39 is 5.24 Å². The Balaban J connectivity index is 2.93. The van der Waals surface area contributed by atoms with Gasteiger partial charge in [-0.3, -0.25) is 4.79 Å². The van der Waals surface area contributed by atoms with Crippen LogP contribution in [0.5, 0.6) is 0 Å². The van der Waals surface area contributed by atoms with Crippen LogP contribution in [0, 0.1) is 13.8 Å². The standard InChI is InChI=1S/C11H10ClNO/c1-6-4-3-5-8-9(6)10(11(12)14)7(2)13-8/h3-5,13H,1-2H3. The Bertz CT molecular complexity index is 513. The largest absolute Gasteiger partial charge is 0.358 e. The second-order valence-corrected chi connectivity index (χ2v) is 3.74. The molecule has 0 aliphatic carbocycles. The molecule has 3 heteroatoms. The van der Waals surface area contributed by atoms with Gasteiger partial charge in [-0.15, -0.1) is 0 Å². The number of rotatable bonds is 1. The summed E-state index contributed by atoms with van der Waals surface area (Å²) < 4.78 is 0. The van der Waals surface area contributed by atoms with Crippen LogP contribution in [-0.4, -0.2) is 10.2 Å². The number of aromatic nitrogens is 1. The maximum absolute atomic E-state index is 11.2. The van der Waals surface area contributed by atoms with Crippen LogP contribution in [0.15, 0.2) is 18.2 Å². The van der Waals surface area contributed by atoms with Gasteiger partial charge in [0, 0.05) is 16.6 Å². The van der Waals surface area contributed by atoms with E-state index in [-0.39, 0.29) is 0 Å². The molecule has 1 heterocycles. The van der Waals surface area contributed by atoms with Gasteiger partial charge in [0.05, 0.1) is 5.56 Å². The third-order valence-corrected chi connectivity index (χ3v) is 2.61. The first-order valence-electron chi connectivity index (χ1n) is 4.39. The summed E-state index contributed by atoms with van der Waals surface area (Å²) in [5.41, 5.74) is 3.46. The minimum atomic E-state index is -0.400. The van der Waals surface area contributed by atoms with Crippen molar-refractivity contribution >= 4 is 27.7 Å². The normalized spacial score (nSPS) is 10.8. The predicted molar refractivity (Wildman–Crippen MR) is 58.0 cm³/mol. The first-order chi connectivity index (χ1) is 6.61. The molecule has 2 nitrogen and oxygen atoms in total. The first-order valence-corrected chi connectivity index (χ1v) is 4.77. The molecule has 0 saturated carbocycles. The van der Waals surface area contributed by atoms with E-state index in [4.69, 9.17) is 11.6 Å². The minimum Gasteiger partial charge on any atom is -0.358 e. The Morgan fingerprint density at radius 1 is 1.36 bits per heavy atom. The zero-order valence-electron chi connectivity index (χ0n) is 8.02. The van der Waals surface area contributed by atoms with Gasteiger partial charge < -0.3 is 4.98 Å². The predicted octanol–water partition coefficient (Wildman–Crippen LogP) is 3.16. The van der Waals surface area contributed by atoms with Crippen molar-refractivity contribution in [1.82, 2.24) is 4.98 Å². The Morgan fingerprint density at radius 2 is 2.07 bits per heavy atom. The van der Waals surface area contributed by atoms with E-state index >= 15 is 0 Å². The van der Waals surface area contributed by atoms with Gasteiger partial charge in [0.15, 0.2) is 0 Å². The highest BCUT2D eigenvalue weighted by atomic mass is 35.5. The summed E-state index contributed by atoms with van der Waals surface area (Å²) in [6, 6.07) is 5.87. The molecular formula is C11H10ClNO. The van der Waals surface area contributed by atoms with Crippen molar-refractivity contribution in [3.8, 4) is 0 Å². The second-order valence-electron chi connectivity index (χ2n) is 3.40. The zero-order valence-corrected chi connectivity index (χ0v) is 8.77. The van der Waals surface area contributed by atoms with Crippen molar-refractivity contribution < 1.29 is 4.79 Å². The van der Waals surface area contributed by atoms with Crippen LogP contribution in [0.25, 0.3) is 10.9 Å². The number of hydrogen-bond acceptors (Lipinski definition) is 1. The number of benzene rings is 1. The van der Waals surface area contributed by atoms with Crippen molar-refractivity contribution in [3.05, 3.63) is 35.0 Å². The van der Waals surface area contributed by atoms with Gasteiger partial charge in [-0.2, -0.15) is 0 Å². The van der Waals surface area contributed by atoms with E-state index in [1.807, 2.05) is 32.0 Å². The van der Waals surface area contributed by atoms with Crippen molar-refractivity contribution in [1.29, 1.82) is 0 Å². The summed E-state index contributed by atoms with van der Waals surface area (Å²) in [5.74, 6) is 0. The lowest BCUT2D eigenvalue weighted by Crippen LogP contribution is -1.90. The Hall–Kier alpha value is -1.28. The average molecular weight is 208 g/mol. The van der Waals surface area contributed by atoms with Crippen LogP contribution in [-0.2, 0) is 0 Å². The quantitative estimate of drug-likeness (QED) is 0.716. The molecular weight excluding hydrogens is 198 g/mol. The summed E-state index contributed by atoms with van der Waals surface area (Å²) in [5, 5.41) is 0.535. The third kappa shape index (κ3) is 1.23. The van der Waals surface area contributed by atoms with Crippen molar-refractivity contribution in [2.24, 2.45) is 0 Å². The summed E-state index contributed by atoms with van der Waals surface area (Å²) in [6.07, 6.45) is 0. The van der Waals surface area contributed by atoms with Gasteiger partial charge in [0.25, 0.3) is 5.24 Å². The van der Waals surface area contributed by atoms with Crippen molar-refractivity contribution in [2.75, 3.05) is 0 Å². The number of hydrogen-bond donors (Lipinski definition) is 1. The molecule has 0 unspecified atom stereocenters. The van der Waals surface area contributed by atoms with E-state index in [1.54, 1.807) is 0 Å². The van der Waals surface area contributed by atoms with Crippen molar-refractivity contribution in [3.63, 3.8) is 0 Å². The molecule has 0 spiro atoms. The Morgan fingerprint density at radius 3 is 2.71 bits per heavy atom. The number of aromatic amines is 1. The Labute approximate surface area is 86.9 Å². The number of nitrogens with one attached hydrogen (secondary N) is 1. The molecule has 0 saturated heterocycles. The molecule has 0 aliphatic heterocycles. The fourth-order valence-corrected chi connectivity index (χ4v) is 2.04. The highest BCUT2D eigenvalue weighted by Gasteiger charge is 2.14. The van der Waals surface area contributed by atoms with E-state index in [1.165, 1.54) is 0 Å². The average Bonchev–Trinajstić information content (AvgIpc) is 2.42. The van der Waals surface area contributed by atoms with Crippen LogP contribution in [0.3, 0.4) is 0 Å². The number of carbonyl (C=O) groups is 1. The van der Waals surface area contributed by atoms with E-state index in [9.17, 15) is 4.79 Å². The molecule has 0 bridgehead atoms. The maximum Gasteiger partial charge on any atom is 0.254 e. The molecule has 2 aromatic rings. The second kappa shape index (κ2) is 3.14. The van der Waals surface area contributed by atoms with E-state index in [2.05, 4.69) is 4.98 Å². The number of aryl methyl sites for hydroxylation is 2. The fraction of sp³-hybridized carbons (Fsp3) is 0.182. The van der Waals surface area contributed by atoms with Crippen LogP contribution in [0.4, 0.5) is 0 Å². The molecule has 0 fully saturated rings. The lowest BCUT2D eigenvalue weighted by atomic mass is 10.1. The van der Waals surface area contributed by atoms with Crippen LogP contribution < -0.4 is 0 Å². The molecule has 0 radical (unpaired) electrons. The molecule has 0 amide bonds. The molecule has 1 N–H and O–H groups in total. The molecule has 14 heavy (non-hydrogen) atoms. The highest BCUT2D eigenvalue weighted by Crippen LogP contribution is 2.26. The number of carbonyl (C=O) groups excluding carboxylic acids is 1. The lowest BCUT2D eigenvalue weighted by molar-refractivity contribution is 0.108. The highest BCUT2D eigenvalue weighted by molar-refractivity contribution is 6.68. The van der Waals surface area contributed by atoms with Crippen LogP contribution in [0.1, 0.15) is 21.6 Å². The van der Waals surface area contributed by atoms with Crippen LogP contribution in [0.2, 0.25) is 0 Å². The minimum absolute atomic E-state index is 0.400. The summed E-state index contributed by atoms with van der Waals surface area (Å²) >= 11 is 5.54. The topological polar surface area (TPSA) is 32.9 Å². The molecule has 2 rings (SSSR count). The molecule has 0 aliphatic rings. The molecule has 72 valence electrons. The third-order valence-electron chi connectivity index (χ3n) is 2.42. The van der Waals surface area contributed by atoms with Gasteiger partial charge in [0.1, 0.15) is 0 Å². The molecule has 1 aromatic heterocycles. The SMILES string of the molecule is Cc1[nH]c2cccc(C)c2c1C(=O)Cl. The smallest absolute Gasteiger partial charge is 0.254 e. The monoisotopic (exact) mass is 207 g/mol. The first kappa shape index (κ1) is 9.28. The summed E-state index contributed by atoms with van der Waals surface area (Å²) in [7, 11) is 0. The van der Waals surface area contributed by atoms with Crippen LogP contribution >= 0.6 is 11.6 Å². The molecule has 1 aromatic carbocycles. The zero-order chi connectivity index (χ0) is 10.3. The molecule has 0 atom stereocenters. The number of halogens is 1.